The van der Waals surface area contributed by atoms with Gasteiger partial charge >= 0.3 is 0 Å². The number of hydrogen-bond donors (Lipinski definition) is 2. The Morgan fingerprint density at radius 3 is 1.94 bits per heavy atom. The fourth-order valence-corrected chi connectivity index (χ4v) is 1.66. The second-order valence-corrected chi connectivity index (χ2v) is 6.95. The van der Waals surface area contributed by atoms with Gasteiger partial charge in [0.05, 0.1) is 12.6 Å². The first-order valence-corrected chi connectivity index (χ1v) is 5.94. The molecule has 0 radical (unpaired) electrons. The minimum absolute atomic E-state index is 0.00710. The predicted octanol–water partition coefficient (Wildman–Crippen LogP) is 2.34. The molecule has 0 aliphatic heterocycles. The van der Waals surface area contributed by atoms with Crippen LogP contribution in [0.4, 0.5) is 0 Å². The van der Waals surface area contributed by atoms with Crippen LogP contribution in [0.3, 0.4) is 0 Å². The third-order valence-corrected chi connectivity index (χ3v) is 2.14. The van der Waals surface area contributed by atoms with Gasteiger partial charge in [-0.15, -0.1) is 0 Å². The second kappa shape index (κ2) is 5.67. The maximum atomic E-state index is 11.7. The van der Waals surface area contributed by atoms with E-state index in [0.717, 1.165) is 6.42 Å². The molecule has 96 valence electrons. The molecule has 1 amide bonds. The van der Waals surface area contributed by atoms with Crippen molar-refractivity contribution in [3.05, 3.63) is 0 Å². The van der Waals surface area contributed by atoms with Crippen LogP contribution in [-0.4, -0.2) is 23.7 Å². The maximum Gasteiger partial charge on any atom is 0.220 e. The highest BCUT2D eigenvalue weighted by Gasteiger charge is 2.22. The van der Waals surface area contributed by atoms with Crippen LogP contribution in [0.25, 0.3) is 0 Å². The summed E-state index contributed by atoms with van der Waals surface area (Å²) >= 11 is 0. The van der Waals surface area contributed by atoms with Crippen molar-refractivity contribution < 1.29 is 9.90 Å². The lowest BCUT2D eigenvalue weighted by Gasteiger charge is -2.26. The van der Waals surface area contributed by atoms with Crippen LogP contribution in [-0.2, 0) is 4.79 Å². The largest absolute Gasteiger partial charge is 0.394 e. The summed E-state index contributed by atoms with van der Waals surface area (Å²) in [6.45, 7) is 12.4. The van der Waals surface area contributed by atoms with Gasteiger partial charge in [-0.1, -0.05) is 41.5 Å². The fraction of sp³-hybridized carbons (Fsp3) is 0.923. The first-order valence-electron chi connectivity index (χ1n) is 5.94. The lowest BCUT2D eigenvalue weighted by Crippen LogP contribution is -2.41. The molecule has 0 rings (SSSR count). The zero-order valence-electron chi connectivity index (χ0n) is 11.6. The van der Waals surface area contributed by atoms with Crippen molar-refractivity contribution in [3.8, 4) is 0 Å². The van der Waals surface area contributed by atoms with E-state index in [4.69, 9.17) is 0 Å². The topological polar surface area (TPSA) is 49.3 Å². The van der Waals surface area contributed by atoms with Crippen LogP contribution in [0.5, 0.6) is 0 Å². The first kappa shape index (κ1) is 15.4. The van der Waals surface area contributed by atoms with Gasteiger partial charge in [0.15, 0.2) is 0 Å². The first-order chi connectivity index (χ1) is 7.03. The summed E-state index contributed by atoms with van der Waals surface area (Å²) in [5, 5.41) is 12.1. The predicted molar refractivity (Wildman–Crippen MR) is 67.2 cm³/mol. The van der Waals surface area contributed by atoms with Gasteiger partial charge in [0, 0.05) is 6.42 Å². The number of nitrogens with one attached hydrogen (secondary N) is 1. The molecule has 2 N–H and O–H groups in total. The Balaban J connectivity index is 4.18. The van der Waals surface area contributed by atoms with Crippen LogP contribution >= 0.6 is 0 Å². The van der Waals surface area contributed by atoms with Crippen LogP contribution in [0.15, 0.2) is 0 Å². The molecule has 0 aromatic heterocycles. The van der Waals surface area contributed by atoms with Crippen molar-refractivity contribution in [2.24, 2.45) is 10.8 Å². The molecule has 0 saturated carbocycles. The third kappa shape index (κ3) is 8.72. The Morgan fingerprint density at radius 2 is 1.62 bits per heavy atom. The highest BCUT2D eigenvalue weighted by molar-refractivity contribution is 5.76. The molecule has 0 saturated heterocycles. The molecular weight excluding hydrogens is 202 g/mol. The molecule has 3 nitrogen and oxygen atoms in total. The average Bonchev–Trinajstić information content (AvgIpc) is 1.96. The summed E-state index contributed by atoms with van der Waals surface area (Å²) in [5.74, 6) is 0.0239. The van der Waals surface area contributed by atoms with Gasteiger partial charge in [0.1, 0.15) is 0 Å². The molecule has 3 heteroatoms. The Kier molecular flexibility index (Phi) is 5.47. The second-order valence-electron chi connectivity index (χ2n) is 6.95. The minimum atomic E-state index is -0.130. The lowest BCUT2D eigenvalue weighted by molar-refractivity contribution is -0.124. The highest BCUT2D eigenvalue weighted by atomic mass is 16.3. The van der Waals surface area contributed by atoms with Crippen LogP contribution in [0.2, 0.25) is 0 Å². The summed E-state index contributed by atoms with van der Waals surface area (Å²) in [6.07, 6.45) is 1.28. The number of carbonyl (C=O) groups is 1. The number of carbonyl (C=O) groups excluding carboxylic acids is 1. The zero-order chi connectivity index (χ0) is 13.0. The lowest BCUT2D eigenvalue weighted by atomic mass is 9.87. The van der Waals surface area contributed by atoms with Crippen molar-refractivity contribution in [1.82, 2.24) is 5.32 Å². The van der Waals surface area contributed by atoms with Crippen molar-refractivity contribution in [2.45, 2.75) is 60.4 Å². The van der Waals surface area contributed by atoms with Crippen molar-refractivity contribution in [3.63, 3.8) is 0 Å². The fourth-order valence-electron chi connectivity index (χ4n) is 1.66. The van der Waals surface area contributed by atoms with Crippen LogP contribution in [0.1, 0.15) is 54.4 Å². The summed E-state index contributed by atoms with van der Waals surface area (Å²) < 4.78 is 0. The van der Waals surface area contributed by atoms with Gasteiger partial charge in [-0.2, -0.15) is 0 Å². The van der Waals surface area contributed by atoms with Crippen LogP contribution in [0, 0.1) is 10.8 Å². The summed E-state index contributed by atoms with van der Waals surface area (Å²) in [4.78, 5) is 11.7. The van der Waals surface area contributed by atoms with Gasteiger partial charge in [-0.3, -0.25) is 4.79 Å². The van der Waals surface area contributed by atoms with Crippen molar-refractivity contribution >= 4 is 5.91 Å². The molecule has 16 heavy (non-hydrogen) atoms. The molecule has 0 aromatic rings. The van der Waals surface area contributed by atoms with Gasteiger partial charge in [-0.05, 0) is 17.3 Å². The van der Waals surface area contributed by atoms with Gasteiger partial charge in [0.2, 0.25) is 5.91 Å². The number of rotatable bonds is 4. The number of hydrogen-bond acceptors (Lipinski definition) is 2. The Bertz CT molecular complexity index is 223. The SMILES string of the molecule is CC(C)(C)CC(=O)NC(CO)CC(C)(C)C. The standard InChI is InChI=1S/C13H27NO2/c1-12(2,3)7-10(9-15)14-11(16)8-13(4,5)6/h10,15H,7-9H2,1-6H3,(H,14,16). The van der Waals surface area contributed by atoms with E-state index in [1.54, 1.807) is 0 Å². The molecule has 0 aromatic carbocycles. The van der Waals surface area contributed by atoms with E-state index in [-0.39, 0.29) is 29.4 Å². The molecule has 0 heterocycles. The molecule has 1 atom stereocenters. The van der Waals surface area contributed by atoms with Gasteiger partial charge in [0.25, 0.3) is 0 Å². The summed E-state index contributed by atoms with van der Waals surface area (Å²) in [5.41, 5.74) is 0.105. The number of aliphatic hydroxyl groups excluding tert-OH is 1. The van der Waals surface area contributed by atoms with Gasteiger partial charge < -0.3 is 10.4 Å². The zero-order valence-corrected chi connectivity index (χ0v) is 11.6. The van der Waals surface area contributed by atoms with E-state index in [9.17, 15) is 9.90 Å². The number of amides is 1. The Hall–Kier alpha value is -0.570. The Morgan fingerprint density at radius 1 is 1.12 bits per heavy atom. The molecule has 1 unspecified atom stereocenters. The van der Waals surface area contributed by atoms with Crippen molar-refractivity contribution in [2.75, 3.05) is 6.61 Å². The van der Waals surface area contributed by atoms with Crippen LogP contribution < -0.4 is 5.32 Å². The molecule has 0 aliphatic carbocycles. The van der Waals surface area contributed by atoms with E-state index < -0.39 is 0 Å². The van der Waals surface area contributed by atoms with E-state index in [1.807, 2.05) is 20.8 Å². The van der Waals surface area contributed by atoms with E-state index in [1.165, 1.54) is 0 Å². The van der Waals surface area contributed by atoms with E-state index in [2.05, 4.69) is 26.1 Å². The minimum Gasteiger partial charge on any atom is -0.394 e. The summed E-state index contributed by atoms with van der Waals surface area (Å²) in [7, 11) is 0. The average molecular weight is 229 g/mol. The number of aliphatic hydroxyl groups is 1. The van der Waals surface area contributed by atoms with Crippen molar-refractivity contribution in [1.29, 1.82) is 0 Å². The van der Waals surface area contributed by atoms with E-state index in [0.29, 0.717) is 6.42 Å². The Labute approximate surface area is 99.6 Å². The molecular formula is C13H27NO2. The highest BCUT2D eigenvalue weighted by Crippen LogP contribution is 2.22. The van der Waals surface area contributed by atoms with E-state index >= 15 is 0 Å². The molecule has 0 spiro atoms. The quantitative estimate of drug-likeness (QED) is 0.777. The third-order valence-electron chi connectivity index (χ3n) is 2.14. The van der Waals surface area contributed by atoms with Gasteiger partial charge in [-0.25, -0.2) is 0 Å². The smallest absolute Gasteiger partial charge is 0.220 e. The normalized spacial score (nSPS) is 14.7. The molecule has 0 bridgehead atoms. The molecule has 0 aliphatic rings. The maximum absolute atomic E-state index is 11.7. The molecule has 0 fully saturated rings. The monoisotopic (exact) mass is 229 g/mol. The summed E-state index contributed by atoms with van der Waals surface area (Å²) in [6, 6.07) is -0.130.